The molecule has 4 rings (SSSR count). The number of likely N-dealkylation sites (N-methyl/N-ethyl adjacent to an activating group) is 1. The molecule has 1 aliphatic heterocycles. The van der Waals surface area contributed by atoms with E-state index in [1.165, 1.54) is 0 Å². The van der Waals surface area contributed by atoms with Gasteiger partial charge in [-0.1, -0.05) is 44.2 Å². The van der Waals surface area contributed by atoms with Crippen molar-refractivity contribution in [3.63, 3.8) is 0 Å². The summed E-state index contributed by atoms with van der Waals surface area (Å²) >= 11 is 0. The molecule has 7 heteroatoms. The van der Waals surface area contributed by atoms with Gasteiger partial charge in [-0.05, 0) is 67.0 Å². The molecule has 0 saturated carbocycles. The molecule has 0 spiro atoms. The lowest BCUT2D eigenvalue weighted by Gasteiger charge is -2.28. The van der Waals surface area contributed by atoms with E-state index in [4.69, 9.17) is 4.74 Å². The molecular weight excluding hydrogens is 466 g/mol. The maximum atomic E-state index is 13.3. The lowest BCUT2D eigenvalue weighted by molar-refractivity contribution is -0.140. The van der Waals surface area contributed by atoms with E-state index >= 15 is 0 Å². The summed E-state index contributed by atoms with van der Waals surface area (Å²) in [7, 11) is 0. The first kappa shape index (κ1) is 26.1. The van der Waals surface area contributed by atoms with E-state index in [-0.39, 0.29) is 11.3 Å². The number of amides is 1. The number of pyridine rings is 1. The molecule has 1 aromatic heterocycles. The van der Waals surface area contributed by atoms with Crippen molar-refractivity contribution in [1.82, 2.24) is 14.8 Å². The Balaban J connectivity index is 1.67. The smallest absolute Gasteiger partial charge is 0.295 e. The van der Waals surface area contributed by atoms with Crippen LogP contribution in [0.1, 0.15) is 42.1 Å². The number of benzene rings is 2. The van der Waals surface area contributed by atoms with Gasteiger partial charge in [0.05, 0.1) is 11.6 Å². The van der Waals surface area contributed by atoms with Crippen molar-refractivity contribution in [3.8, 4) is 5.75 Å². The van der Waals surface area contributed by atoms with Gasteiger partial charge >= 0.3 is 0 Å². The van der Waals surface area contributed by atoms with Crippen molar-refractivity contribution in [2.24, 2.45) is 0 Å². The van der Waals surface area contributed by atoms with Crippen LogP contribution in [0.2, 0.25) is 0 Å². The standard InChI is InChI=1S/C30H33N3O4/c1-4-32(5-2)17-18-33-27(23-13-15-31-16-14-23)26(29(35)30(33)36)28(34)25-12-11-24(19-21(25)3)37-20-22-9-7-6-8-10-22/h6-16,19,27,34H,4-5,17-18,20H2,1-3H3/t27-/m0/s1. The van der Waals surface area contributed by atoms with Crippen LogP contribution in [0, 0.1) is 6.92 Å². The van der Waals surface area contributed by atoms with Crippen molar-refractivity contribution in [2.75, 3.05) is 26.2 Å². The summed E-state index contributed by atoms with van der Waals surface area (Å²) < 4.78 is 5.92. The zero-order chi connectivity index (χ0) is 26.4. The van der Waals surface area contributed by atoms with Crippen LogP contribution in [0.15, 0.2) is 78.6 Å². The Bertz CT molecular complexity index is 1270. The Kier molecular flexibility index (Phi) is 8.36. The summed E-state index contributed by atoms with van der Waals surface area (Å²) in [6.07, 6.45) is 3.26. The average molecular weight is 500 g/mol. The van der Waals surface area contributed by atoms with Crippen LogP contribution >= 0.6 is 0 Å². The van der Waals surface area contributed by atoms with Crippen LogP contribution in [0.25, 0.3) is 5.76 Å². The minimum atomic E-state index is -0.688. The highest BCUT2D eigenvalue weighted by atomic mass is 16.5. The summed E-state index contributed by atoms with van der Waals surface area (Å²) in [4.78, 5) is 34.3. The quantitative estimate of drug-likeness (QED) is 0.247. The maximum Gasteiger partial charge on any atom is 0.295 e. The summed E-state index contributed by atoms with van der Waals surface area (Å²) in [5.74, 6) is -0.806. The molecule has 2 aromatic carbocycles. The monoisotopic (exact) mass is 499 g/mol. The molecule has 2 heterocycles. The number of ketones is 1. The van der Waals surface area contributed by atoms with Gasteiger partial charge in [-0.2, -0.15) is 0 Å². The minimum Gasteiger partial charge on any atom is -0.507 e. The zero-order valence-corrected chi connectivity index (χ0v) is 21.6. The number of hydrogen-bond donors (Lipinski definition) is 1. The minimum absolute atomic E-state index is 0.0943. The fraction of sp³-hybridized carbons (Fsp3) is 0.300. The zero-order valence-electron chi connectivity index (χ0n) is 21.6. The number of carbonyl (C=O) groups is 2. The molecule has 7 nitrogen and oxygen atoms in total. The highest BCUT2D eigenvalue weighted by Crippen LogP contribution is 2.39. The molecule has 1 saturated heterocycles. The Morgan fingerprint density at radius 1 is 1.03 bits per heavy atom. The van der Waals surface area contributed by atoms with Crippen molar-refractivity contribution in [2.45, 2.75) is 33.4 Å². The number of likely N-dealkylation sites (tertiary alicyclic amines) is 1. The van der Waals surface area contributed by atoms with Crippen LogP contribution in [0.5, 0.6) is 5.75 Å². The van der Waals surface area contributed by atoms with Gasteiger partial charge in [0.15, 0.2) is 0 Å². The number of hydrogen-bond acceptors (Lipinski definition) is 6. The van der Waals surface area contributed by atoms with Crippen LogP contribution in [-0.4, -0.2) is 57.8 Å². The van der Waals surface area contributed by atoms with Crippen molar-refractivity contribution < 1.29 is 19.4 Å². The van der Waals surface area contributed by atoms with Crippen molar-refractivity contribution in [3.05, 3.63) is 101 Å². The summed E-state index contributed by atoms with van der Waals surface area (Å²) in [5.41, 5.74) is 3.11. The Hall–Kier alpha value is -3.97. The lowest BCUT2D eigenvalue weighted by atomic mass is 9.94. The molecule has 0 bridgehead atoms. The highest BCUT2D eigenvalue weighted by Gasteiger charge is 2.46. The first-order chi connectivity index (χ1) is 17.9. The number of ether oxygens (including phenoxy) is 1. The largest absolute Gasteiger partial charge is 0.507 e. The third-order valence-electron chi connectivity index (χ3n) is 6.81. The van der Waals surface area contributed by atoms with Crippen LogP contribution in [-0.2, 0) is 16.2 Å². The van der Waals surface area contributed by atoms with Gasteiger partial charge in [0, 0.05) is 31.0 Å². The van der Waals surface area contributed by atoms with E-state index in [0.29, 0.717) is 31.0 Å². The van der Waals surface area contributed by atoms with Gasteiger partial charge < -0.3 is 19.6 Å². The summed E-state index contributed by atoms with van der Waals surface area (Å²) in [6, 6.07) is 18.1. The molecule has 3 aromatic rings. The van der Waals surface area contributed by atoms with Gasteiger partial charge in [0.2, 0.25) is 0 Å². The number of Topliss-reactive ketones (excluding diaryl/α,β-unsaturated/α-hetero) is 1. The number of aromatic nitrogens is 1. The molecule has 1 atom stereocenters. The second-order valence-electron chi connectivity index (χ2n) is 9.05. The fourth-order valence-electron chi connectivity index (χ4n) is 4.67. The van der Waals surface area contributed by atoms with Gasteiger partial charge in [-0.25, -0.2) is 0 Å². The number of rotatable bonds is 10. The predicted molar refractivity (Wildman–Crippen MR) is 143 cm³/mol. The Labute approximate surface area is 218 Å². The van der Waals surface area contributed by atoms with Crippen molar-refractivity contribution in [1.29, 1.82) is 0 Å². The molecule has 0 unspecified atom stereocenters. The lowest BCUT2D eigenvalue weighted by Crippen LogP contribution is -2.38. The SMILES string of the molecule is CCN(CC)CCN1C(=O)C(=O)C(=C(O)c2ccc(OCc3ccccc3)cc2C)[C@@H]1c1ccncc1. The molecule has 1 aliphatic rings. The van der Waals surface area contributed by atoms with E-state index in [0.717, 1.165) is 29.8 Å². The van der Waals surface area contributed by atoms with Crippen molar-refractivity contribution >= 4 is 17.4 Å². The van der Waals surface area contributed by atoms with Gasteiger partial charge in [-0.3, -0.25) is 14.6 Å². The van der Waals surface area contributed by atoms with Crippen LogP contribution < -0.4 is 4.74 Å². The van der Waals surface area contributed by atoms with Gasteiger partial charge in [0.1, 0.15) is 18.1 Å². The topological polar surface area (TPSA) is 83.0 Å². The predicted octanol–water partition coefficient (Wildman–Crippen LogP) is 4.73. The second kappa shape index (κ2) is 11.8. The maximum absolute atomic E-state index is 13.3. The first-order valence-electron chi connectivity index (χ1n) is 12.6. The number of aryl methyl sites for hydroxylation is 1. The molecule has 0 aliphatic carbocycles. The van der Waals surface area contributed by atoms with E-state index in [2.05, 4.69) is 23.7 Å². The number of aliphatic hydroxyl groups excluding tert-OH is 1. The average Bonchev–Trinajstić information content (AvgIpc) is 3.18. The molecule has 1 amide bonds. The molecular formula is C30H33N3O4. The van der Waals surface area contributed by atoms with Crippen LogP contribution in [0.4, 0.5) is 0 Å². The molecule has 0 radical (unpaired) electrons. The van der Waals surface area contributed by atoms with Gasteiger partial charge in [-0.15, -0.1) is 0 Å². The molecule has 37 heavy (non-hydrogen) atoms. The summed E-state index contributed by atoms with van der Waals surface area (Å²) in [5, 5.41) is 11.4. The number of nitrogens with zero attached hydrogens (tertiary/aromatic N) is 3. The summed E-state index contributed by atoms with van der Waals surface area (Å²) in [6.45, 7) is 9.10. The number of carbonyl (C=O) groups excluding carboxylic acids is 2. The fourth-order valence-corrected chi connectivity index (χ4v) is 4.67. The normalized spacial score (nSPS) is 17.0. The van der Waals surface area contributed by atoms with Crippen LogP contribution in [0.3, 0.4) is 0 Å². The van der Waals surface area contributed by atoms with E-state index < -0.39 is 17.7 Å². The Morgan fingerprint density at radius 2 is 1.73 bits per heavy atom. The van der Waals surface area contributed by atoms with E-state index in [9.17, 15) is 14.7 Å². The molecule has 1 fully saturated rings. The second-order valence-corrected chi connectivity index (χ2v) is 9.05. The Morgan fingerprint density at radius 3 is 2.38 bits per heavy atom. The first-order valence-corrected chi connectivity index (χ1v) is 12.6. The molecule has 1 N–H and O–H groups in total. The highest BCUT2D eigenvalue weighted by molar-refractivity contribution is 6.46. The molecule has 192 valence electrons. The third kappa shape index (κ3) is 5.73. The van der Waals surface area contributed by atoms with Gasteiger partial charge in [0.25, 0.3) is 11.7 Å². The number of aliphatic hydroxyl groups is 1. The third-order valence-corrected chi connectivity index (χ3v) is 6.81. The van der Waals surface area contributed by atoms with E-state index in [1.54, 1.807) is 41.6 Å². The van der Waals surface area contributed by atoms with E-state index in [1.807, 2.05) is 43.3 Å².